The van der Waals surface area contributed by atoms with Crippen LogP contribution in [0.15, 0.2) is 46.2 Å². The Morgan fingerprint density at radius 1 is 1.21 bits per heavy atom. The number of hydrogen-bond donors (Lipinski definition) is 1. The lowest BCUT2D eigenvalue weighted by Crippen LogP contribution is -2.03. The minimum atomic E-state index is -0.651. The van der Waals surface area contributed by atoms with Crippen molar-refractivity contribution in [1.82, 2.24) is 15.2 Å². The van der Waals surface area contributed by atoms with Gasteiger partial charge in [0.25, 0.3) is 17.0 Å². The van der Waals surface area contributed by atoms with E-state index in [2.05, 4.69) is 15.2 Å². The topological polar surface area (TPSA) is 90.5 Å². The zero-order valence-electron chi connectivity index (χ0n) is 15.0. The van der Waals surface area contributed by atoms with Gasteiger partial charge < -0.3 is 19.0 Å². The van der Waals surface area contributed by atoms with Crippen LogP contribution in [0.5, 0.6) is 17.4 Å². The summed E-state index contributed by atoms with van der Waals surface area (Å²) in [4.78, 5) is 3.81. The normalized spacial score (nSPS) is 13.2. The summed E-state index contributed by atoms with van der Waals surface area (Å²) in [5.74, 6) is 0.896. The fourth-order valence-corrected chi connectivity index (χ4v) is 2.84. The lowest BCUT2D eigenvalue weighted by atomic mass is 10.3. The maximum Gasteiger partial charge on any atom is 0.276 e. The number of pyridine rings is 1. The molecule has 2 heterocycles. The van der Waals surface area contributed by atoms with Gasteiger partial charge in [0.15, 0.2) is 11.9 Å². The van der Waals surface area contributed by atoms with Crippen molar-refractivity contribution in [1.29, 1.82) is 0 Å². The molecular formula is C18H17ClFN3O4S. The Bertz CT molecular complexity index is 923. The Labute approximate surface area is 169 Å². The van der Waals surface area contributed by atoms with E-state index in [4.69, 9.17) is 25.5 Å². The SMILES string of the molecule is CC(O)CSc1nnc([C@@H](C)Oc2ccc(Oc3ncc(Cl)cc3F)cc2)o1. The maximum absolute atomic E-state index is 13.7. The number of benzene rings is 1. The third kappa shape index (κ3) is 5.57. The zero-order chi connectivity index (χ0) is 20.1. The van der Waals surface area contributed by atoms with E-state index in [-0.39, 0.29) is 10.9 Å². The molecule has 0 saturated heterocycles. The van der Waals surface area contributed by atoms with Crippen LogP contribution in [0.25, 0.3) is 0 Å². The molecule has 0 aliphatic rings. The molecule has 0 aliphatic heterocycles. The van der Waals surface area contributed by atoms with Crippen LogP contribution >= 0.6 is 23.4 Å². The number of aromatic nitrogens is 3. The molecule has 3 aromatic rings. The summed E-state index contributed by atoms with van der Waals surface area (Å²) in [6, 6.07) is 7.70. The second kappa shape index (κ2) is 9.22. The van der Waals surface area contributed by atoms with E-state index < -0.39 is 18.0 Å². The summed E-state index contributed by atoms with van der Waals surface area (Å²) in [7, 11) is 0. The predicted octanol–water partition coefficient (Wildman–Crippen LogP) is 4.66. The van der Waals surface area contributed by atoms with E-state index in [0.29, 0.717) is 28.4 Å². The van der Waals surface area contributed by atoms with E-state index in [1.54, 1.807) is 38.1 Å². The van der Waals surface area contributed by atoms with Crippen molar-refractivity contribution >= 4 is 23.4 Å². The minimum Gasteiger partial charge on any atom is -0.481 e. The van der Waals surface area contributed by atoms with Gasteiger partial charge in [0.05, 0.1) is 11.1 Å². The number of nitrogens with zero attached hydrogens (tertiary/aromatic N) is 3. The van der Waals surface area contributed by atoms with Gasteiger partial charge in [-0.3, -0.25) is 0 Å². The Morgan fingerprint density at radius 3 is 2.61 bits per heavy atom. The molecule has 2 aromatic heterocycles. The first-order valence-electron chi connectivity index (χ1n) is 8.30. The van der Waals surface area contributed by atoms with Crippen LogP contribution in [-0.2, 0) is 0 Å². The van der Waals surface area contributed by atoms with Gasteiger partial charge in [-0.05, 0) is 44.2 Å². The van der Waals surface area contributed by atoms with Crippen molar-refractivity contribution in [3.63, 3.8) is 0 Å². The molecular weight excluding hydrogens is 409 g/mol. The lowest BCUT2D eigenvalue weighted by Gasteiger charge is -2.11. The highest BCUT2D eigenvalue weighted by atomic mass is 35.5. The molecule has 1 N–H and O–H groups in total. The fourth-order valence-electron chi connectivity index (χ4n) is 2.06. The van der Waals surface area contributed by atoms with E-state index >= 15 is 0 Å². The molecule has 0 fully saturated rings. The van der Waals surface area contributed by atoms with Crippen molar-refractivity contribution in [3.8, 4) is 17.4 Å². The Balaban J connectivity index is 1.59. The summed E-state index contributed by atoms with van der Waals surface area (Å²) >= 11 is 6.94. The van der Waals surface area contributed by atoms with Gasteiger partial charge in [-0.2, -0.15) is 0 Å². The summed E-state index contributed by atoms with van der Waals surface area (Å²) in [6.45, 7) is 3.45. The third-order valence-corrected chi connectivity index (χ3v) is 4.61. The van der Waals surface area contributed by atoms with Gasteiger partial charge in [0.2, 0.25) is 0 Å². The quantitative estimate of drug-likeness (QED) is 0.521. The van der Waals surface area contributed by atoms with Crippen LogP contribution in [0.4, 0.5) is 4.39 Å². The Kier molecular flexibility index (Phi) is 6.71. The molecule has 1 unspecified atom stereocenters. The van der Waals surface area contributed by atoms with Crippen molar-refractivity contribution < 1.29 is 23.4 Å². The molecule has 2 atom stereocenters. The first kappa shape index (κ1) is 20.4. The van der Waals surface area contributed by atoms with Crippen LogP contribution in [0.3, 0.4) is 0 Å². The van der Waals surface area contributed by atoms with E-state index in [9.17, 15) is 9.50 Å². The fraction of sp³-hybridized carbons (Fsp3) is 0.278. The van der Waals surface area contributed by atoms with Crippen molar-refractivity contribution in [2.75, 3.05) is 5.75 Å². The zero-order valence-corrected chi connectivity index (χ0v) is 16.6. The second-order valence-corrected chi connectivity index (χ2v) is 7.25. The standard InChI is InChI=1S/C18H17ClFN3O4S/c1-10(24)9-28-18-23-22-16(27-18)11(2)25-13-3-5-14(6-4-13)26-17-15(20)7-12(19)8-21-17/h3-8,10-11,24H,9H2,1-2H3/t10?,11-/m1/s1. The van der Waals surface area contributed by atoms with Gasteiger partial charge in [-0.25, -0.2) is 9.37 Å². The highest BCUT2D eigenvalue weighted by Gasteiger charge is 2.16. The van der Waals surface area contributed by atoms with Gasteiger partial charge in [0, 0.05) is 11.9 Å². The second-order valence-electron chi connectivity index (χ2n) is 5.84. The Hall–Kier alpha value is -2.36. The van der Waals surface area contributed by atoms with Crippen molar-refractivity contribution in [2.45, 2.75) is 31.3 Å². The number of thioether (sulfide) groups is 1. The molecule has 7 nitrogen and oxygen atoms in total. The van der Waals surface area contributed by atoms with Gasteiger partial charge in [0.1, 0.15) is 11.5 Å². The number of rotatable bonds is 8. The maximum atomic E-state index is 13.7. The molecule has 148 valence electrons. The lowest BCUT2D eigenvalue weighted by molar-refractivity contribution is 0.181. The predicted molar refractivity (Wildman–Crippen MR) is 101 cm³/mol. The average Bonchev–Trinajstić information content (AvgIpc) is 3.13. The molecule has 0 spiro atoms. The van der Waals surface area contributed by atoms with Gasteiger partial charge in [-0.1, -0.05) is 23.4 Å². The molecule has 10 heteroatoms. The molecule has 0 bridgehead atoms. The molecule has 0 amide bonds. The number of hydrogen-bond acceptors (Lipinski definition) is 8. The summed E-state index contributed by atoms with van der Waals surface area (Å²) in [5.41, 5.74) is 0. The van der Waals surface area contributed by atoms with Gasteiger partial charge >= 0.3 is 0 Å². The Morgan fingerprint density at radius 2 is 1.93 bits per heavy atom. The molecule has 28 heavy (non-hydrogen) atoms. The van der Waals surface area contributed by atoms with Crippen LogP contribution in [0, 0.1) is 5.82 Å². The third-order valence-electron chi connectivity index (χ3n) is 3.34. The highest BCUT2D eigenvalue weighted by molar-refractivity contribution is 7.99. The summed E-state index contributed by atoms with van der Waals surface area (Å²) in [5, 5.41) is 17.7. The molecule has 0 aliphatic carbocycles. The monoisotopic (exact) mass is 425 g/mol. The van der Waals surface area contributed by atoms with Crippen LogP contribution in [0.2, 0.25) is 5.02 Å². The summed E-state index contributed by atoms with van der Waals surface area (Å²) in [6.07, 6.45) is 0.360. The van der Waals surface area contributed by atoms with Crippen molar-refractivity contribution in [3.05, 3.63) is 53.3 Å². The molecule has 0 saturated carbocycles. The number of ether oxygens (including phenoxy) is 2. The van der Waals surface area contributed by atoms with E-state index in [1.807, 2.05) is 0 Å². The van der Waals surface area contributed by atoms with Crippen molar-refractivity contribution in [2.24, 2.45) is 0 Å². The van der Waals surface area contributed by atoms with Crippen LogP contribution < -0.4 is 9.47 Å². The average molecular weight is 426 g/mol. The van der Waals surface area contributed by atoms with Crippen LogP contribution in [-0.4, -0.2) is 32.1 Å². The molecule has 0 radical (unpaired) electrons. The largest absolute Gasteiger partial charge is 0.481 e. The minimum absolute atomic E-state index is 0.167. The van der Waals surface area contributed by atoms with Crippen LogP contribution in [0.1, 0.15) is 25.8 Å². The van der Waals surface area contributed by atoms with Gasteiger partial charge in [-0.15, -0.1) is 10.2 Å². The first-order chi connectivity index (χ1) is 13.4. The number of halogens is 2. The first-order valence-corrected chi connectivity index (χ1v) is 9.67. The molecule has 1 aromatic carbocycles. The van der Waals surface area contributed by atoms with E-state index in [0.717, 1.165) is 6.07 Å². The van der Waals surface area contributed by atoms with E-state index in [1.165, 1.54) is 18.0 Å². The smallest absolute Gasteiger partial charge is 0.276 e. The molecule has 3 rings (SSSR count). The summed E-state index contributed by atoms with van der Waals surface area (Å²) < 4.78 is 30.4. The number of aliphatic hydroxyl groups is 1. The highest BCUT2D eigenvalue weighted by Crippen LogP contribution is 2.28. The number of aliphatic hydroxyl groups excluding tert-OH is 1.